The number of carbonyl (C=O) groups excluding carboxylic acids is 2. The van der Waals surface area contributed by atoms with Crippen LogP contribution >= 0.6 is 0 Å². The molecule has 5 nitrogen and oxygen atoms in total. The lowest BCUT2D eigenvalue weighted by molar-refractivity contribution is -0.343. The highest BCUT2D eigenvalue weighted by Crippen LogP contribution is 2.47. The molecule has 2 amide bonds. The molecule has 0 saturated heterocycles. The van der Waals surface area contributed by atoms with Gasteiger partial charge in [-0.1, -0.05) is 0 Å². The van der Waals surface area contributed by atoms with E-state index in [-0.39, 0.29) is 17.0 Å². The van der Waals surface area contributed by atoms with E-state index in [0.29, 0.717) is 12.7 Å². The second kappa shape index (κ2) is 8.52. The van der Waals surface area contributed by atoms with Crippen molar-refractivity contribution in [2.24, 2.45) is 0 Å². The first-order valence-electron chi connectivity index (χ1n) is 8.68. The number of carbonyl (C=O) groups is 2. The fourth-order valence-electron chi connectivity index (χ4n) is 2.58. The molecular weight excluding hydrogens is 435 g/mol. The summed E-state index contributed by atoms with van der Waals surface area (Å²) in [6.45, 7) is 1.94. The van der Waals surface area contributed by atoms with Gasteiger partial charge in [0.1, 0.15) is 0 Å². The van der Waals surface area contributed by atoms with E-state index in [0.717, 1.165) is 24.3 Å². The Labute approximate surface area is 172 Å². The van der Waals surface area contributed by atoms with Crippen LogP contribution in [0.5, 0.6) is 0 Å². The predicted octanol–water partition coefficient (Wildman–Crippen LogP) is 4.54. The van der Waals surface area contributed by atoms with Crippen LogP contribution in [0.1, 0.15) is 17.3 Å². The normalized spacial score (nSPS) is 12.4. The average molecular weight is 451 g/mol. The number of pyridine rings is 1. The van der Waals surface area contributed by atoms with Crippen molar-refractivity contribution < 1.29 is 40.3 Å². The molecule has 0 spiro atoms. The molecule has 0 unspecified atom stereocenters. The zero-order chi connectivity index (χ0) is 23.6. The Morgan fingerprint density at radius 3 is 1.97 bits per heavy atom. The van der Waals surface area contributed by atoms with E-state index in [2.05, 4.69) is 4.98 Å². The van der Waals surface area contributed by atoms with E-state index < -0.39 is 35.5 Å². The molecule has 0 radical (unpaired) electrons. The maximum Gasteiger partial charge on any atom is 0.460 e. The first-order chi connectivity index (χ1) is 14.3. The van der Waals surface area contributed by atoms with Crippen molar-refractivity contribution in [2.75, 3.05) is 23.4 Å². The molecule has 0 fully saturated rings. The number of halogens is 7. The van der Waals surface area contributed by atoms with Gasteiger partial charge in [0, 0.05) is 31.0 Å². The van der Waals surface area contributed by atoms with E-state index in [1.165, 1.54) is 17.3 Å². The summed E-state index contributed by atoms with van der Waals surface area (Å²) in [5, 5.41) is 0. The number of benzene rings is 1. The molecule has 0 aliphatic carbocycles. The minimum Gasteiger partial charge on any atom is -0.310 e. The third-order valence-corrected chi connectivity index (χ3v) is 4.34. The van der Waals surface area contributed by atoms with Gasteiger partial charge in [0.25, 0.3) is 5.91 Å². The van der Waals surface area contributed by atoms with Gasteiger partial charge in [0.2, 0.25) is 0 Å². The maximum absolute atomic E-state index is 13.6. The zero-order valence-corrected chi connectivity index (χ0v) is 16.1. The largest absolute Gasteiger partial charge is 0.460 e. The van der Waals surface area contributed by atoms with Crippen LogP contribution in [-0.4, -0.2) is 48.4 Å². The number of amides is 2. The highest BCUT2D eigenvalue weighted by atomic mass is 19.4. The van der Waals surface area contributed by atoms with Gasteiger partial charge in [-0.15, -0.1) is 0 Å². The molecule has 0 atom stereocenters. The van der Waals surface area contributed by atoms with Crippen molar-refractivity contribution in [3.8, 4) is 0 Å². The summed E-state index contributed by atoms with van der Waals surface area (Å²) >= 11 is 0. The summed E-state index contributed by atoms with van der Waals surface area (Å²) in [7, 11) is 0.619. The van der Waals surface area contributed by atoms with Gasteiger partial charge in [0.15, 0.2) is 0 Å². The molecule has 31 heavy (non-hydrogen) atoms. The van der Waals surface area contributed by atoms with Crippen LogP contribution < -0.4 is 9.80 Å². The molecule has 2 rings (SSSR count). The van der Waals surface area contributed by atoms with Crippen molar-refractivity contribution >= 4 is 23.2 Å². The van der Waals surface area contributed by atoms with Crippen LogP contribution in [0.3, 0.4) is 0 Å². The molecule has 0 bridgehead atoms. The zero-order valence-electron chi connectivity index (χ0n) is 16.1. The Bertz CT molecular complexity index is 932. The van der Waals surface area contributed by atoms with Gasteiger partial charge in [-0.05, 0) is 43.3 Å². The van der Waals surface area contributed by atoms with Gasteiger partial charge < -0.3 is 9.80 Å². The minimum absolute atomic E-state index is 0.0351. The SMILES string of the molecule is CCN(C(=O)c1ccc(N(C)C(=O)C(F)(F)C(F)(F)C(F)(F)F)cc1)c1cccnc1. The molecule has 1 heterocycles. The summed E-state index contributed by atoms with van der Waals surface area (Å²) in [5.41, 5.74) is 0.117. The van der Waals surface area contributed by atoms with Gasteiger partial charge in [-0.2, -0.15) is 30.7 Å². The first kappa shape index (κ1) is 24.1. The predicted molar refractivity (Wildman–Crippen MR) is 97.4 cm³/mol. The lowest BCUT2D eigenvalue weighted by Gasteiger charge is -2.30. The van der Waals surface area contributed by atoms with Crippen molar-refractivity contribution in [1.82, 2.24) is 4.98 Å². The smallest absolute Gasteiger partial charge is 0.310 e. The Morgan fingerprint density at radius 2 is 1.52 bits per heavy atom. The van der Waals surface area contributed by atoms with E-state index in [1.54, 1.807) is 19.1 Å². The number of nitrogens with zero attached hydrogens (tertiary/aromatic N) is 3. The number of hydrogen-bond donors (Lipinski definition) is 0. The summed E-state index contributed by atoms with van der Waals surface area (Å²) < 4.78 is 90.4. The maximum atomic E-state index is 13.6. The Morgan fingerprint density at radius 1 is 0.935 bits per heavy atom. The van der Waals surface area contributed by atoms with Gasteiger partial charge in [-0.25, -0.2) is 0 Å². The molecule has 1 aromatic heterocycles. The quantitative estimate of drug-likeness (QED) is 0.606. The van der Waals surface area contributed by atoms with Gasteiger partial charge in [0.05, 0.1) is 11.9 Å². The molecule has 0 aliphatic heterocycles. The molecule has 2 aromatic rings. The lowest BCUT2D eigenvalue weighted by Crippen LogP contribution is -2.59. The number of alkyl halides is 7. The second-order valence-corrected chi connectivity index (χ2v) is 6.32. The van der Waals surface area contributed by atoms with E-state index >= 15 is 0 Å². The first-order valence-corrected chi connectivity index (χ1v) is 8.68. The van der Waals surface area contributed by atoms with Crippen LogP contribution in [0.15, 0.2) is 48.8 Å². The Hall–Kier alpha value is -3.18. The molecule has 168 valence electrons. The van der Waals surface area contributed by atoms with Crippen molar-refractivity contribution in [1.29, 1.82) is 0 Å². The third-order valence-electron chi connectivity index (χ3n) is 4.34. The lowest BCUT2D eigenvalue weighted by atomic mass is 10.1. The van der Waals surface area contributed by atoms with Crippen LogP contribution in [0.2, 0.25) is 0 Å². The minimum atomic E-state index is -6.63. The van der Waals surface area contributed by atoms with Crippen LogP contribution in [0.4, 0.5) is 42.1 Å². The molecule has 0 aliphatic rings. The molecule has 0 saturated carbocycles. The van der Waals surface area contributed by atoms with Gasteiger partial charge in [-0.3, -0.25) is 14.6 Å². The fraction of sp³-hybridized carbons (Fsp3) is 0.316. The molecule has 1 aromatic carbocycles. The van der Waals surface area contributed by atoms with Crippen molar-refractivity contribution in [3.63, 3.8) is 0 Å². The third kappa shape index (κ3) is 4.47. The molecular formula is C19H16F7N3O2. The topological polar surface area (TPSA) is 53.5 Å². The summed E-state index contributed by atoms with van der Waals surface area (Å²) in [5.74, 6) is -15.9. The number of anilines is 2. The van der Waals surface area contributed by atoms with E-state index in [1.807, 2.05) is 0 Å². The van der Waals surface area contributed by atoms with Crippen LogP contribution in [0.25, 0.3) is 0 Å². The van der Waals surface area contributed by atoms with Crippen LogP contribution in [0, 0.1) is 0 Å². The van der Waals surface area contributed by atoms with Crippen molar-refractivity contribution in [2.45, 2.75) is 24.9 Å². The van der Waals surface area contributed by atoms with E-state index in [4.69, 9.17) is 0 Å². The van der Waals surface area contributed by atoms with Gasteiger partial charge >= 0.3 is 23.9 Å². The summed E-state index contributed by atoms with van der Waals surface area (Å²) in [6.07, 6.45) is -3.69. The Balaban J connectivity index is 2.26. The van der Waals surface area contributed by atoms with Crippen LogP contribution in [-0.2, 0) is 4.79 Å². The standard InChI is InChI=1S/C19H16F7N3O2/c1-3-29(14-5-4-10-27-11-14)15(30)12-6-8-13(9-7-12)28(2)16(31)17(20,21)18(22,23)19(24,25)26/h4-11H,3H2,1-2H3. The fourth-order valence-corrected chi connectivity index (χ4v) is 2.58. The number of aromatic nitrogens is 1. The summed E-state index contributed by atoms with van der Waals surface area (Å²) in [4.78, 5) is 29.6. The summed E-state index contributed by atoms with van der Waals surface area (Å²) in [6, 6.07) is 7.43. The number of hydrogen-bond acceptors (Lipinski definition) is 3. The monoisotopic (exact) mass is 451 g/mol. The highest BCUT2D eigenvalue weighted by molar-refractivity contribution is 6.06. The molecule has 0 N–H and O–H groups in total. The average Bonchev–Trinajstić information content (AvgIpc) is 2.73. The number of rotatable bonds is 6. The van der Waals surface area contributed by atoms with Crippen molar-refractivity contribution in [3.05, 3.63) is 54.4 Å². The molecule has 12 heteroatoms. The van der Waals surface area contributed by atoms with E-state index in [9.17, 15) is 40.3 Å². The Kier molecular flexibility index (Phi) is 6.62. The highest BCUT2D eigenvalue weighted by Gasteiger charge is 2.76. The second-order valence-electron chi connectivity index (χ2n) is 6.32.